The smallest absolute Gasteiger partial charge is 0.239 e. The Morgan fingerprint density at radius 3 is 2.93 bits per heavy atom. The first-order chi connectivity index (χ1) is 14.0. The molecule has 0 bridgehead atoms. The van der Waals surface area contributed by atoms with E-state index in [-0.39, 0.29) is 11.2 Å². The van der Waals surface area contributed by atoms with Crippen molar-refractivity contribution in [2.75, 3.05) is 12.4 Å². The maximum Gasteiger partial charge on any atom is 0.239 e. The van der Waals surface area contributed by atoms with E-state index in [1.54, 1.807) is 7.11 Å². The predicted octanol–water partition coefficient (Wildman–Crippen LogP) is 4.12. The number of furan rings is 1. The molecule has 0 spiro atoms. The lowest BCUT2D eigenvalue weighted by Crippen LogP contribution is -2.22. The molecule has 0 saturated carbocycles. The van der Waals surface area contributed by atoms with Gasteiger partial charge in [-0.2, -0.15) is 0 Å². The van der Waals surface area contributed by atoms with Crippen LogP contribution in [0.1, 0.15) is 12.6 Å². The number of hydrogen-bond donors (Lipinski definition) is 1. The van der Waals surface area contributed by atoms with Crippen LogP contribution in [0.4, 0.5) is 5.13 Å². The van der Waals surface area contributed by atoms with E-state index in [4.69, 9.17) is 9.15 Å². The van der Waals surface area contributed by atoms with E-state index in [0.717, 1.165) is 11.1 Å². The Hall–Kier alpha value is -2.85. The normalized spacial score (nSPS) is 12.3. The zero-order chi connectivity index (χ0) is 20.5. The third-order valence-corrected chi connectivity index (χ3v) is 6.29. The second-order valence-corrected chi connectivity index (χ2v) is 8.56. The second kappa shape index (κ2) is 7.88. The number of thioether (sulfide) groups is 1. The lowest BCUT2D eigenvalue weighted by Gasteiger charge is -2.09. The summed E-state index contributed by atoms with van der Waals surface area (Å²) in [7, 11) is 3.45. The molecule has 0 aliphatic heterocycles. The number of rotatable bonds is 6. The Kier molecular flexibility index (Phi) is 5.29. The second-order valence-electron chi connectivity index (χ2n) is 6.40. The molecule has 0 fully saturated rings. The fourth-order valence-corrected chi connectivity index (χ4v) is 4.28. The van der Waals surface area contributed by atoms with Gasteiger partial charge in [0, 0.05) is 17.8 Å². The third-order valence-electron chi connectivity index (χ3n) is 4.28. The summed E-state index contributed by atoms with van der Waals surface area (Å²) in [6, 6.07) is 7.60. The Bertz CT molecular complexity index is 1180. The van der Waals surface area contributed by atoms with E-state index in [9.17, 15) is 4.79 Å². The number of amides is 1. The van der Waals surface area contributed by atoms with Gasteiger partial charge < -0.3 is 19.0 Å². The van der Waals surface area contributed by atoms with Crippen LogP contribution in [0, 0.1) is 6.92 Å². The molecule has 4 rings (SSSR count). The van der Waals surface area contributed by atoms with Crippen molar-refractivity contribution in [1.29, 1.82) is 0 Å². The highest BCUT2D eigenvalue weighted by atomic mass is 32.2. The molecule has 1 aromatic carbocycles. The molecule has 0 aliphatic rings. The number of carbonyl (C=O) groups excluding carboxylic acids is 1. The minimum atomic E-state index is -0.370. The molecule has 0 saturated heterocycles. The molecule has 29 heavy (non-hydrogen) atoms. The number of fused-ring (bicyclic) bond motifs is 1. The zero-order valence-corrected chi connectivity index (χ0v) is 17.9. The Balaban J connectivity index is 1.53. The Labute approximate surface area is 175 Å². The minimum absolute atomic E-state index is 0.137. The van der Waals surface area contributed by atoms with Gasteiger partial charge in [-0.25, -0.2) is 4.98 Å². The van der Waals surface area contributed by atoms with E-state index >= 15 is 0 Å². The van der Waals surface area contributed by atoms with E-state index in [1.165, 1.54) is 23.1 Å². The average molecular weight is 430 g/mol. The van der Waals surface area contributed by atoms with Crippen LogP contribution in [0.5, 0.6) is 5.75 Å². The standard InChI is InChI=1S/C19H19N5O3S2/c1-10-9-28-18(20-10)21-17(25)11(2)29-19-23-22-16(24(19)3)14-8-12-6-5-7-13(26-4)15(12)27-14/h5-9,11H,1-4H3,(H,20,21,25). The number of aromatic nitrogens is 4. The van der Waals surface area contributed by atoms with Crippen LogP contribution in [0.25, 0.3) is 22.6 Å². The minimum Gasteiger partial charge on any atom is -0.493 e. The maximum absolute atomic E-state index is 12.4. The number of hydrogen-bond acceptors (Lipinski definition) is 8. The van der Waals surface area contributed by atoms with E-state index in [2.05, 4.69) is 20.5 Å². The van der Waals surface area contributed by atoms with Crippen LogP contribution in [0.2, 0.25) is 0 Å². The molecule has 1 amide bonds. The van der Waals surface area contributed by atoms with Crippen LogP contribution in [-0.4, -0.2) is 38.0 Å². The van der Waals surface area contributed by atoms with Gasteiger partial charge in [0.05, 0.1) is 18.1 Å². The van der Waals surface area contributed by atoms with Gasteiger partial charge in [0.2, 0.25) is 5.91 Å². The summed E-state index contributed by atoms with van der Waals surface area (Å²) in [5.74, 6) is 1.69. The zero-order valence-electron chi connectivity index (χ0n) is 16.3. The molecule has 3 aromatic heterocycles. The molecule has 10 heteroatoms. The summed E-state index contributed by atoms with van der Waals surface area (Å²) in [6.45, 7) is 3.71. The molecule has 8 nitrogen and oxygen atoms in total. The van der Waals surface area contributed by atoms with Gasteiger partial charge in [0.1, 0.15) is 0 Å². The van der Waals surface area contributed by atoms with Crippen molar-refractivity contribution >= 4 is 45.1 Å². The van der Waals surface area contributed by atoms with E-state index in [1.807, 2.05) is 55.1 Å². The van der Waals surface area contributed by atoms with Crippen LogP contribution < -0.4 is 10.1 Å². The summed E-state index contributed by atoms with van der Waals surface area (Å²) in [5.41, 5.74) is 1.54. The fourth-order valence-electron chi connectivity index (χ4n) is 2.77. The van der Waals surface area contributed by atoms with Crippen molar-refractivity contribution in [1.82, 2.24) is 19.7 Å². The van der Waals surface area contributed by atoms with E-state index in [0.29, 0.717) is 33.2 Å². The van der Waals surface area contributed by atoms with Crippen LogP contribution in [-0.2, 0) is 11.8 Å². The van der Waals surface area contributed by atoms with Gasteiger partial charge in [0.25, 0.3) is 0 Å². The van der Waals surface area contributed by atoms with Gasteiger partial charge in [-0.15, -0.1) is 21.5 Å². The fraction of sp³-hybridized carbons (Fsp3) is 0.263. The first kappa shape index (κ1) is 19.5. The molecule has 0 radical (unpaired) electrons. The van der Waals surface area contributed by atoms with Gasteiger partial charge in [-0.3, -0.25) is 4.79 Å². The quantitative estimate of drug-likeness (QED) is 0.461. The van der Waals surface area contributed by atoms with Gasteiger partial charge in [-0.1, -0.05) is 23.9 Å². The highest BCUT2D eigenvalue weighted by Crippen LogP contribution is 2.34. The summed E-state index contributed by atoms with van der Waals surface area (Å²) in [6.07, 6.45) is 0. The van der Waals surface area contributed by atoms with E-state index < -0.39 is 0 Å². The number of aryl methyl sites for hydroxylation is 1. The summed E-state index contributed by atoms with van der Waals surface area (Å²) in [4.78, 5) is 16.7. The number of methoxy groups -OCH3 is 1. The number of ether oxygens (including phenoxy) is 1. The SMILES string of the molecule is COc1cccc2cc(-c3nnc(SC(C)C(=O)Nc4nc(C)cs4)n3C)oc12. The summed E-state index contributed by atoms with van der Waals surface area (Å²) >= 11 is 2.73. The number of nitrogens with one attached hydrogen (secondary N) is 1. The van der Waals surface area contributed by atoms with Crippen LogP contribution >= 0.6 is 23.1 Å². The van der Waals surface area contributed by atoms with Crippen molar-refractivity contribution in [3.8, 4) is 17.3 Å². The molecule has 1 unspecified atom stereocenters. The maximum atomic E-state index is 12.4. The van der Waals surface area contributed by atoms with Crippen molar-refractivity contribution in [3.63, 3.8) is 0 Å². The van der Waals surface area contributed by atoms with Crippen LogP contribution in [0.3, 0.4) is 0 Å². The highest BCUT2D eigenvalue weighted by molar-refractivity contribution is 8.00. The summed E-state index contributed by atoms with van der Waals surface area (Å²) in [5, 5.41) is 15.0. The van der Waals surface area contributed by atoms with Gasteiger partial charge >= 0.3 is 0 Å². The molecular weight excluding hydrogens is 410 g/mol. The Morgan fingerprint density at radius 1 is 1.38 bits per heavy atom. The largest absolute Gasteiger partial charge is 0.493 e. The molecule has 1 N–H and O–H groups in total. The topological polar surface area (TPSA) is 95.1 Å². The molecular formula is C19H19N5O3S2. The lowest BCUT2D eigenvalue weighted by atomic mass is 10.2. The number of benzene rings is 1. The Morgan fingerprint density at radius 2 is 2.21 bits per heavy atom. The predicted molar refractivity (Wildman–Crippen MR) is 114 cm³/mol. The molecule has 4 aromatic rings. The van der Waals surface area contributed by atoms with Gasteiger partial charge in [0.15, 0.2) is 33.2 Å². The first-order valence-electron chi connectivity index (χ1n) is 8.82. The molecule has 0 aliphatic carbocycles. The van der Waals surface area contributed by atoms with Crippen molar-refractivity contribution in [3.05, 3.63) is 35.3 Å². The third kappa shape index (κ3) is 3.85. The van der Waals surface area contributed by atoms with Gasteiger partial charge in [-0.05, 0) is 26.0 Å². The monoisotopic (exact) mass is 429 g/mol. The first-order valence-corrected chi connectivity index (χ1v) is 10.6. The molecule has 3 heterocycles. The average Bonchev–Trinajstić information content (AvgIpc) is 3.40. The number of para-hydroxylation sites is 1. The molecule has 1 atom stereocenters. The van der Waals surface area contributed by atoms with Crippen LogP contribution in [0.15, 0.2) is 39.2 Å². The number of thiazole rings is 1. The number of nitrogens with zero attached hydrogens (tertiary/aromatic N) is 4. The van der Waals surface area contributed by atoms with Crippen molar-refractivity contribution in [2.24, 2.45) is 7.05 Å². The number of carbonyl (C=O) groups is 1. The molecule has 150 valence electrons. The highest BCUT2D eigenvalue weighted by Gasteiger charge is 2.22. The van der Waals surface area contributed by atoms with Crippen molar-refractivity contribution < 1.29 is 13.9 Å². The lowest BCUT2D eigenvalue weighted by molar-refractivity contribution is -0.115. The van der Waals surface area contributed by atoms with Crippen molar-refractivity contribution in [2.45, 2.75) is 24.3 Å². The number of anilines is 1. The summed E-state index contributed by atoms with van der Waals surface area (Å²) < 4.78 is 13.1.